The van der Waals surface area contributed by atoms with E-state index < -0.39 is 10.3 Å². The zero-order valence-corrected chi connectivity index (χ0v) is 20.4. The van der Waals surface area contributed by atoms with E-state index in [9.17, 15) is 8.42 Å². The summed E-state index contributed by atoms with van der Waals surface area (Å²) < 4.78 is 39.5. The normalized spacial score (nSPS) is 14.5. The van der Waals surface area contributed by atoms with Crippen molar-refractivity contribution >= 4 is 27.8 Å². The molecule has 2 heterocycles. The molecule has 0 saturated carbocycles. The Balaban J connectivity index is 1.83. The monoisotopic (exact) mass is 498 g/mol. The second kappa shape index (κ2) is 10.4. The highest BCUT2D eigenvalue weighted by Crippen LogP contribution is 2.42. The van der Waals surface area contributed by atoms with Crippen molar-refractivity contribution in [3.63, 3.8) is 0 Å². The van der Waals surface area contributed by atoms with Crippen molar-refractivity contribution < 1.29 is 17.3 Å². The van der Waals surface area contributed by atoms with Gasteiger partial charge in [-0.05, 0) is 55.2 Å². The maximum absolute atomic E-state index is 13.2. The topological polar surface area (TPSA) is 160 Å². The molecule has 0 spiro atoms. The van der Waals surface area contributed by atoms with E-state index in [-0.39, 0.29) is 17.5 Å². The van der Waals surface area contributed by atoms with Crippen LogP contribution in [0, 0.1) is 0 Å². The first-order valence-electron chi connectivity index (χ1n) is 11.5. The van der Waals surface area contributed by atoms with E-state index in [1.54, 1.807) is 30.5 Å². The summed E-state index contributed by atoms with van der Waals surface area (Å²) in [6.07, 6.45) is 4.46. The van der Waals surface area contributed by atoms with Crippen molar-refractivity contribution in [2.24, 2.45) is 0 Å². The lowest BCUT2D eigenvalue weighted by molar-refractivity contribution is 0.311. The number of hydrogen-bond donors (Lipinski definition) is 3. The first-order chi connectivity index (χ1) is 16.8. The lowest BCUT2D eigenvalue weighted by atomic mass is 9.98. The molecular formula is C24H30N6O4S. The summed E-state index contributed by atoms with van der Waals surface area (Å²) in [6, 6.07) is 10.6. The molecule has 0 amide bonds. The van der Waals surface area contributed by atoms with Gasteiger partial charge in [0.2, 0.25) is 5.95 Å². The molecule has 1 fully saturated rings. The second-order valence-corrected chi connectivity index (χ2v) is 9.88. The molecule has 0 unspecified atom stereocenters. The number of ether oxygens (including phenoxy) is 1. The van der Waals surface area contributed by atoms with Crippen LogP contribution in [0.15, 0.2) is 42.6 Å². The van der Waals surface area contributed by atoms with Gasteiger partial charge in [-0.2, -0.15) is 17.7 Å². The minimum atomic E-state index is -4.03. The lowest BCUT2D eigenvalue weighted by Gasteiger charge is -2.26. The predicted molar refractivity (Wildman–Crippen MR) is 136 cm³/mol. The third-order valence-electron chi connectivity index (χ3n) is 5.74. The van der Waals surface area contributed by atoms with Gasteiger partial charge in [-0.1, -0.05) is 18.6 Å². The first-order valence-corrected chi connectivity index (χ1v) is 12.9. The van der Waals surface area contributed by atoms with Crippen LogP contribution in [0.5, 0.6) is 11.5 Å². The van der Waals surface area contributed by atoms with Crippen molar-refractivity contribution in [3.05, 3.63) is 53.7 Å². The molecule has 35 heavy (non-hydrogen) atoms. The van der Waals surface area contributed by atoms with Crippen molar-refractivity contribution in [1.82, 2.24) is 14.3 Å². The van der Waals surface area contributed by atoms with Crippen LogP contribution < -0.4 is 26.1 Å². The van der Waals surface area contributed by atoms with Gasteiger partial charge in [0.25, 0.3) is 0 Å². The summed E-state index contributed by atoms with van der Waals surface area (Å²) in [7, 11) is -4.03. The summed E-state index contributed by atoms with van der Waals surface area (Å²) in [4.78, 5) is 8.03. The number of nitrogens with zero attached hydrogens (tertiary/aromatic N) is 3. The van der Waals surface area contributed by atoms with Crippen LogP contribution in [0.1, 0.15) is 37.3 Å². The van der Waals surface area contributed by atoms with Gasteiger partial charge in [-0.25, -0.2) is 4.98 Å². The summed E-state index contributed by atoms with van der Waals surface area (Å²) >= 11 is 0. The van der Waals surface area contributed by atoms with Crippen LogP contribution in [0.4, 0.5) is 17.5 Å². The van der Waals surface area contributed by atoms with Gasteiger partial charge in [0.15, 0.2) is 5.75 Å². The van der Waals surface area contributed by atoms with Crippen molar-refractivity contribution in [1.29, 1.82) is 0 Å². The van der Waals surface area contributed by atoms with Crippen LogP contribution in [0.3, 0.4) is 0 Å². The minimum absolute atomic E-state index is 0.0786. The fourth-order valence-electron chi connectivity index (χ4n) is 4.11. The Morgan fingerprint density at radius 3 is 2.46 bits per heavy atom. The molecule has 1 aliphatic rings. The van der Waals surface area contributed by atoms with Gasteiger partial charge in [-0.3, -0.25) is 0 Å². The van der Waals surface area contributed by atoms with Crippen molar-refractivity contribution in [3.8, 4) is 22.6 Å². The fourth-order valence-corrected chi connectivity index (χ4v) is 5.27. The standard InChI is InChI=1S/C24H30N6O4S/c1-2-33-20-12-16(11-18-15-28-24(27)29-23(18)26)13-21(22(20)17-7-6-8-19(25)14-17)34-35(31,32)30-9-4-3-5-10-30/h6-8,12-15H,2-5,9-11,25H2,1H3,(H4,26,27,28,29). The molecule has 4 rings (SSSR count). The highest BCUT2D eigenvalue weighted by Gasteiger charge is 2.28. The van der Waals surface area contributed by atoms with E-state index in [1.165, 1.54) is 4.31 Å². The lowest BCUT2D eigenvalue weighted by Crippen LogP contribution is -2.38. The molecule has 10 nitrogen and oxygen atoms in total. The van der Waals surface area contributed by atoms with Crippen molar-refractivity contribution in [2.45, 2.75) is 32.6 Å². The maximum Gasteiger partial charge on any atom is 0.385 e. The average molecular weight is 499 g/mol. The zero-order valence-electron chi connectivity index (χ0n) is 19.6. The number of nitrogens with two attached hydrogens (primary N) is 3. The number of hydrogen-bond acceptors (Lipinski definition) is 9. The first kappa shape index (κ1) is 24.6. The summed E-state index contributed by atoms with van der Waals surface area (Å²) in [5, 5.41) is 0. The third-order valence-corrected chi connectivity index (χ3v) is 7.13. The largest absolute Gasteiger partial charge is 0.493 e. The Bertz CT molecular complexity index is 1310. The Morgan fingerprint density at radius 2 is 1.77 bits per heavy atom. The van der Waals surface area contributed by atoms with Gasteiger partial charge < -0.3 is 26.1 Å². The molecule has 0 radical (unpaired) electrons. The van der Waals surface area contributed by atoms with E-state index in [0.29, 0.717) is 59.8 Å². The Morgan fingerprint density at radius 1 is 1.03 bits per heavy atom. The molecule has 1 aromatic heterocycles. The van der Waals surface area contributed by atoms with E-state index in [2.05, 4.69) is 9.97 Å². The number of benzene rings is 2. The summed E-state index contributed by atoms with van der Waals surface area (Å²) in [5.41, 5.74) is 20.8. The second-order valence-electron chi connectivity index (χ2n) is 8.34. The molecular weight excluding hydrogens is 468 g/mol. The van der Waals surface area contributed by atoms with Gasteiger partial charge in [0.1, 0.15) is 11.6 Å². The highest BCUT2D eigenvalue weighted by molar-refractivity contribution is 7.84. The molecule has 0 aliphatic carbocycles. The third kappa shape index (κ3) is 5.75. The average Bonchev–Trinajstić information content (AvgIpc) is 2.81. The summed E-state index contributed by atoms with van der Waals surface area (Å²) in [6.45, 7) is 3.07. The van der Waals surface area contributed by atoms with Crippen LogP contribution in [-0.2, 0) is 16.7 Å². The minimum Gasteiger partial charge on any atom is -0.493 e. The summed E-state index contributed by atoms with van der Waals surface area (Å²) in [5.74, 6) is 0.945. The molecule has 11 heteroatoms. The van der Waals surface area contributed by atoms with Crippen LogP contribution in [0.2, 0.25) is 0 Å². The number of aromatic nitrogens is 2. The number of rotatable bonds is 8. The van der Waals surface area contributed by atoms with E-state index in [0.717, 1.165) is 19.3 Å². The maximum atomic E-state index is 13.2. The smallest absolute Gasteiger partial charge is 0.385 e. The van der Waals surface area contributed by atoms with Crippen molar-refractivity contribution in [2.75, 3.05) is 36.9 Å². The molecule has 1 aliphatic heterocycles. The zero-order chi connectivity index (χ0) is 25.0. The number of anilines is 3. The van der Waals surface area contributed by atoms with Gasteiger partial charge in [0, 0.05) is 37.0 Å². The number of nitrogen functional groups attached to an aromatic ring is 3. The quantitative estimate of drug-likeness (QED) is 0.397. The fraction of sp³-hybridized carbons (Fsp3) is 0.333. The SMILES string of the molecule is CCOc1cc(Cc2cnc(N)nc2N)cc(OS(=O)(=O)N2CCCCC2)c1-c1cccc(N)c1. The molecule has 2 aromatic carbocycles. The Kier molecular flexibility index (Phi) is 7.27. The predicted octanol–water partition coefficient (Wildman–Crippen LogP) is 2.99. The van der Waals surface area contributed by atoms with E-state index >= 15 is 0 Å². The Hall–Kier alpha value is -3.57. The van der Waals surface area contributed by atoms with Crippen LogP contribution >= 0.6 is 0 Å². The van der Waals surface area contributed by atoms with Crippen LogP contribution in [-0.4, -0.2) is 42.4 Å². The number of piperidine rings is 1. The molecule has 3 aromatic rings. The van der Waals surface area contributed by atoms with E-state index in [4.69, 9.17) is 26.1 Å². The molecule has 186 valence electrons. The molecule has 6 N–H and O–H groups in total. The van der Waals surface area contributed by atoms with Gasteiger partial charge in [-0.15, -0.1) is 0 Å². The molecule has 0 bridgehead atoms. The van der Waals surface area contributed by atoms with Crippen LogP contribution in [0.25, 0.3) is 11.1 Å². The Labute approximate surface area is 205 Å². The molecule has 0 atom stereocenters. The highest BCUT2D eigenvalue weighted by atomic mass is 32.2. The van der Waals surface area contributed by atoms with E-state index in [1.807, 2.05) is 19.1 Å². The van der Waals surface area contributed by atoms with Gasteiger partial charge in [0.05, 0.1) is 12.2 Å². The van der Waals surface area contributed by atoms with Gasteiger partial charge >= 0.3 is 10.3 Å². The molecule has 1 saturated heterocycles.